The van der Waals surface area contributed by atoms with Gasteiger partial charge >= 0.3 is 0 Å². The zero-order valence-electron chi connectivity index (χ0n) is 17.7. The second kappa shape index (κ2) is 8.88. The van der Waals surface area contributed by atoms with Gasteiger partial charge in [-0.15, -0.1) is 0 Å². The molecular weight excluding hydrogens is 420 g/mol. The lowest BCUT2D eigenvalue weighted by atomic mass is 10.0. The number of aromatic nitrogens is 2. The number of nitrogens with zero attached hydrogens (tertiary/aromatic N) is 3. The first-order chi connectivity index (χ1) is 15.7. The van der Waals surface area contributed by atoms with Crippen LogP contribution in [-0.2, 0) is 6.54 Å². The molecule has 4 heterocycles. The molecule has 0 bridgehead atoms. The fraction of sp³-hybridized carbons (Fsp3) is 0.200. The van der Waals surface area contributed by atoms with Crippen LogP contribution < -0.4 is 15.0 Å². The summed E-state index contributed by atoms with van der Waals surface area (Å²) in [5, 5.41) is 4.18. The molecule has 1 saturated heterocycles. The van der Waals surface area contributed by atoms with Gasteiger partial charge in [0.25, 0.3) is 0 Å². The van der Waals surface area contributed by atoms with Crippen LogP contribution in [0.4, 0.5) is 5.69 Å². The van der Waals surface area contributed by atoms with E-state index in [0.717, 1.165) is 28.6 Å². The fourth-order valence-corrected chi connectivity index (χ4v) is 4.56. The van der Waals surface area contributed by atoms with E-state index >= 15 is 0 Å². The second-order valence-electron chi connectivity index (χ2n) is 7.56. The van der Waals surface area contributed by atoms with Gasteiger partial charge in [0, 0.05) is 23.8 Å². The van der Waals surface area contributed by atoms with Crippen molar-refractivity contribution in [2.24, 2.45) is 0 Å². The van der Waals surface area contributed by atoms with Gasteiger partial charge in [-0.1, -0.05) is 6.07 Å². The van der Waals surface area contributed by atoms with Crippen molar-refractivity contribution < 1.29 is 9.15 Å². The van der Waals surface area contributed by atoms with Crippen molar-refractivity contribution in [3.8, 4) is 5.75 Å². The number of pyridine rings is 1. The lowest BCUT2D eigenvalue weighted by Crippen LogP contribution is -2.30. The Kier molecular flexibility index (Phi) is 5.64. The lowest BCUT2D eigenvalue weighted by molar-refractivity contribution is 0.340. The molecule has 162 valence electrons. The van der Waals surface area contributed by atoms with Crippen LogP contribution in [0.3, 0.4) is 0 Å². The summed E-state index contributed by atoms with van der Waals surface area (Å²) in [4.78, 5) is 6.80. The highest BCUT2D eigenvalue weighted by molar-refractivity contribution is 7.80. The minimum absolute atomic E-state index is 0.0831. The Labute approximate surface area is 192 Å². The highest BCUT2D eigenvalue weighted by Gasteiger charge is 2.42. The zero-order chi connectivity index (χ0) is 21.9. The topological polar surface area (TPSA) is 55.5 Å². The van der Waals surface area contributed by atoms with Crippen molar-refractivity contribution in [2.45, 2.75) is 25.6 Å². The van der Waals surface area contributed by atoms with E-state index in [2.05, 4.69) is 38.1 Å². The highest BCUT2D eigenvalue weighted by Crippen LogP contribution is 2.42. The van der Waals surface area contributed by atoms with E-state index in [1.807, 2.05) is 67.7 Å². The van der Waals surface area contributed by atoms with Crippen molar-refractivity contribution in [1.29, 1.82) is 0 Å². The molecule has 2 atom stereocenters. The summed E-state index contributed by atoms with van der Waals surface area (Å²) in [6.07, 6.45) is 5.59. The maximum Gasteiger partial charge on any atom is 0.174 e. The van der Waals surface area contributed by atoms with Gasteiger partial charge in [-0.3, -0.25) is 4.98 Å². The Morgan fingerprint density at radius 2 is 1.94 bits per heavy atom. The van der Waals surface area contributed by atoms with Gasteiger partial charge < -0.3 is 23.9 Å². The smallest absolute Gasteiger partial charge is 0.174 e. The largest absolute Gasteiger partial charge is 0.494 e. The number of hydrogen-bond donors (Lipinski definition) is 1. The Bertz CT molecular complexity index is 1170. The molecule has 1 aliphatic rings. The predicted octanol–water partition coefficient (Wildman–Crippen LogP) is 5.10. The quantitative estimate of drug-likeness (QED) is 0.400. The Hall–Kier alpha value is -3.58. The molecule has 32 heavy (non-hydrogen) atoms. The van der Waals surface area contributed by atoms with Crippen LogP contribution in [-0.4, -0.2) is 21.3 Å². The molecule has 0 radical (unpaired) electrons. The minimum atomic E-state index is -0.0967. The van der Waals surface area contributed by atoms with Crippen LogP contribution in [0.5, 0.6) is 5.75 Å². The van der Waals surface area contributed by atoms with E-state index in [4.69, 9.17) is 21.4 Å². The van der Waals surface area contributed by atoms with Gasteiger partial charge in [0.1, 0.15) is 17.6 Å². The molecule has 1 aliphatic heterocycles. The summed E-state index contributed by atoms with van der Waals surface area (Å²) < 4.78 is 13.4. The monoisotopic (exact) mass is 444 g/mol. The SMILES string of the molecule is CCOc1ccc(N2C(=S)N[C@H](c3ccccn3)[C@H]2c2cccn2Cc2ccco2)cc1. The van der Waals surface area contributed by atoms with E-state index in [1.54, 1.807) is 6.26 Å². The first-order valence-corrected chi connectivity index (χ1v) is 11.1. The molecule has 1 fully saturated rings. The lowest BCUT2D eigenvalue weighted by Gasteiger charge is -2.29. The Morgan fingerprint density at radius 1 is 1.06 bits per heavy atom. The summed E-state index contributed by atoms with van der Waals surface area (Å²) in [5.41, 5.74) is 3.07. The van der Waals surface area contributed by atoms with Crippen LogP contribution in [0.1, 0.15) is 36.2 Å². The van der Waals surface area contributed by atoms with Crippen molar-refractivity contribution in [1.82, 2.24) is 14.9 Å². The third-order valence-corrected chi connectivity index (χ3v) is 5.91. The summed E-state index contributed by atoms with van der Waals surface area (Å²) in [7, 11) is 0. The Morgan fingerprint density at radius 3 is 2.66 bits per heavy atom. The van der Waals surface area contributed by atoms with Crippen molar-refractivity contribution in [2.75, 3.05) is 11.5 Å². The van der Waals surface area contributed by atoms with Crippen LogP contribution in [0, 0.1) is 0 Å². The van der Waals surface area contributed by atoms with E-state index in [9.17, 15) is 0 Å². The summed E-state index contributed by atoms with van der Waals surface area (Å²) >= 11 is 5.82. The fourth-order valence-electron chi connectivity index (χ4n) is 4.21. The molecule has 6 nitrogen and oxygen atoms in total. The summed E-state index contributed by atoms with van der Waals surface area (Å²) in [6, 6.07) is 21.9. The molecule has 1 aromatic carbocycles. The third-order valence-electron chi connectivity index (χ3n) is 5.60. The van der Waals surface area contributed by atoms with Crippen molar-refractivity contribution in [3.63, 3.8) is 0 Å². The molecule has 3 aromatic heterocycles. The van der Waals surface area contributed by atoms with Gasteiger partial charge in [0.05, 0.1) is 31.2 Å². The van der Waals surface area contributed by atoms with Crippen molar-refractivity contribution in [3.05, 3.63) is 103 Å². The molecule has 0 aliphatic carbocycles. The minimum Gasteiger partial charge on any atom is -0.494 e. The van der Waals surface area contributed by atoms with Crippen LogP contribution in [0.15, 0.2) is 89.8 Å². The normalized spacial score (nSPS) is 18.0. The van der Waals surface area contributed by atoms with Crippen LogP contribution in [0.25, 0.3) is 0 Å². The molecule has 0 unspecified atom stereocenters. The number of thiocarbonyl (C=S) groups is 1. The van der Waals surface area contributed by atoms with Gasteiger partial charge in [-0.05, 0) is 79.8 Å². The summed E-state index contributed by atoms with van der Waals surface area (Å²) in [5.74, 6) is 1.74. The number of hydrogen-bond acceptors (Lipinski definition) is 4. The van der Waals surface area contributed by atoms with Gasteiger partial charge in [0.2, 0.25) is 0 Å². The molecule has 4 aromatic rings. The number of benzene rings is 1. The van der Waals surface area contributed by atoms with E-state index in [-0.39, 0.29) is 12.1 Å². The molecule has 0 saturated carbocycles. The molecule has 7 heteroatoms. The zero-order valence-corrected chi connectivity index (χ0v) is 18.5. The van der Waals surface area contributed by atoms with Gasteiger partial charge in [-0.25, -0.2) is 0 Å². The standard InChI is InChI=1S/C25H24N4O2S/c1-2-30-19-12-10-18(11-13-19)29-24(23(27-25(29)32)21-8-3-4-14-26-21)22-9-5-15-28(22)17-20-7-6-16-31-20/h3-16,23-24H,2,17H2,1H3,(H,27,32)/t23-,24-/m1/s1. The first-order valence-electron chi connectivity index (χ1n) is 10.7. The molecule has 0 amide bonds. The highest BCUT2D eigenvalue weighted by atomic mass is 32.1. The maximum atomic E-state index is 5.82. The average molecular weight is 445 g/mol. The number of ether oxygens (including phenoxy) is 1. The number of nitrogens with one attached hydrogen (secondary N) is 1. The number of anilines is 1. The Balaban J connectivity index is 1.57. The van der Waals surface area contributed by atoms with Crippen LogP contribution in [0.2, 0.25) is 0 Å². The number of furan rings is 1. The van der Waals surface area contributed by atoms with E-state index < -0.39 is 0 Å². The molecule has 1 N–H and O–H groups in total. The molecular formula is C25H24N4O2S. The average Bonchev–Trinajstić information content (AvgIpc) is 3.56. The predicted molar refractivity (Wildman–Crippen MR) is 128 cm³/mol. The van der Waals surface area contributed by atoms with Crippen molar-refractivity contribution >= 4 is 23.0 Å². The molecule has 5 rings (SSSR count). The third kappa shape index (κ3) is 3.87. The molecule has 0 spiro atoms. The van der Waals surface area contributed by atoms with E-state index in [0.29, 0.717) is 18.3 Å². The second-order valence-corrected chi connectivity index (χ2v) is 7.95. The number of rotatable bonds is 7. The van der Waals surface area contributed by atoms with E-state index in [1.165, 1.54) is 0 Å². The van der Waals surface area contributed by atoms with Gasteiger partial charge in [0.15, 0.2) is 5.11 Å². The maximum absolute atomic E-state index is 5.82. The van der Waals surface area contributed by atoms with Crippen LogP contribution >= 0.6 is 12.2 Å². The van der Waals surface area contributed by atoms with Gasteiger partial charge in [-0.2, -0.15) is 0 Å². The summed E-state index contributed by atoms with van der Waals surface area (Å²) in [6.45, 7) is 3.26. The first kappa shape index (κ1) is 20.3.